The molecule has 0 radical (unpaired) electrons. The van der Waals surface area contributed by atoms with Gasteiger partial charge in [-0.25, -0.2) is 4.39 Å². The van der Waals surface area contributed by atoms with Crippen LogP contribution in [-0.2, 0) is 4.74 Å². The van der Waals surface area contributed by atoms with Crippen LogP contribution < -0.4 is 0 Å². The van der Waals surface area contributed by atoms with Gasteiger partial charge in [0.15, 0.2) is 11.6 Å². The molecule has 0 bridgehead atoms. The fourth-order valence-electron chi connectivity index (χ4n) is 1.89. The number of pyridine rings is 1. The fraction of sp³-hybridized carbons (Fsp3) is 0.500. The average molecular weight is 223 g/mol. The summed E-state index contributed by atoms with van der Waals surface area (Å²) in [6.45, 7) is 0.705. The van der Waals surface area contributed by atoms with Gasteiger partial charge in [0.05, 0.1) is 17.9 Å². The van der Waals surface area contributed by atoms with Crippen LogP contribution in [0, 0.1) is 5.82 Å². The molecule has 0 spiro atoms. The van der Waals surface area contributed by atoms with Crippen molar-refractivity contribution in [2.24, 2.45) is 0 Å². The van der Waals surface area contributed by atoms with Gasteiger partial charge in [-0.15, -0.1) is 0 Å². The van der Waals surface area contributed by atoms with Gasteiger partial charge in [-0.05, 0) is 25.3 Å². The van der Waals surface area contributed by atoms with E-state index in [0.29, 0.717) is 6.61 Å². The zero-order chi connectivity index (χ0) is 11.4. The summed E-state index contributed by atoms with van der Waals surface area (Å²) in [5.74, 6) is -0.755. The summed E-state index contributed by atoms with van der Waals surface area (Å²) in [7, 11) is 0. The Morgan fingerprint density at radius 1 is 1.56 bits per heavy atom. The van der Waals surface area contributed by atoms with Crippen molar-refractivity contribution >= 4 is 5.78 Å². The minimum atomic E-state index is -0.552. The molecular formula is C12H14FNO2. The van der Waals surface area contributed by atoms with Gasteiger partial charge in [-0.2, -0.15) is 0 Å². The largest absolute Gasteiger partial charge is 0.378 e. The highest BCUT2D eigenvalue weighted by Gasteiger charge is 2.20. The molecule has 1 unspecified atom stereocenters. The summed E-state index contributed by atoms with van der Waals surface area (Å²) >= 11 is 0. The Labute approximate surface area is 93.6 Å². The third-order valence-electron chi connectivity index (χ3n) is 2.76. The second kappa shape index (κ2) is 5.16. The first kappa shape index (κ1) is 11.2. The molecule has 1 aromatic rings. The van der Waals surface area contributed by atoms with E-state index in [9.17, 15) is 9.18 Å². The van der Waals surface area contributed by atoms with E-state index in [2.05, 4.69) is 4.98 Å². The normalized spacial score (nSPS) is 20.7. The SMILES string of the molecule is O=C(CC1CCCCO1)c1ccncc1F. The lowest BCUT2D eigenvalue weighted by Crippen LogP contribution is -2.22. The summed E-state index contributed by atoms with van der Waals surface area (Å²) in [5.41, 5.74) is 0.115. The lowest BCUT2D eigenvalue weighted by atomic mass is 10.0. The van der Waals surface area contributed by atoms with Crippen molar-refractivity contribution in [3.05, 3.63) is 29.8 Å². The standard InChI is InChI=1S/C12H14FNO2/c13-11-8-14-5-4-10(11)12(15)7-9-3-1-2-6-16-9/h4-5,8-9H,1-3,6-7H2. The van der Waals surface area contributed by atoms with E-state index in [1.54, 1.807) is 0 Å². The minimum absolute atomic E-state index is 0.0474. The van der Waals surface area contributed by atoms with Crippen LogP contribution in [0.3, 0.4) is 0 Å². The lowest BCUT2D eigenvalue weighted by Gasteiger charge is -2.21. The number of carbonyl (C=O) groups is 1. The van der Waals surface area contributed by atoms with Gasteiger partial charge < -0.3 is 4.74 Å². The van der Waals surface area contributed by atoms with E-state index in [0.717, 1.165) is 25.5 Å². The van der Waals surface area contributed by atoms with Crippen LogP contribution in [0.25, 0.3) is 0 Å². The zero-order valence-corrected chi connectivity index (χ0v) is 8.99. The van der Waals surface area contributed by atoms with Gasteiger partial charge in [0.2, 0.25) is 0 Å². The van der Waals surface area contributed by atoms with Crippen LogP contribution in [0.2, 0.25) is 0 Å². The van der Waals surface area contributed by atoms with E-state index in [-0.39, 0.29) is 23.9 Å². The van der Waals surface area contributed by atoms with E-state index >= 15 is 0 Å². The van der Waals surface area contributed by atoms with Gasteiger partial charge in [-0.1, -0.05) is 0 Å². The maximum atomic E-state index is 13.3. The summed E-state index contributed by atoms with van der Waals surface area (Å²) < 4.78 is 18.7. The van der Waals surface area contributed by atoms with Crippen molar-refractivity contribution in [3.63, 3.8) is 0 Å². The van der Waals surface area contributed by atoms with Gasteiger partial charge >= 0.3 is 0 Å². The molecule has 16 heavy (non-hydrogen) atoms. The predicted molar refractivity (Wildman–Crippen MR) is 56.7 cm³/mol. The molecule has 86 valence electrons. The lowest BCUT2D eigenvalue weighted by molar-refractivity contribution is 0.0128. The second-order valence-corrected chi connectivity index (χ2v) is 3.97. The third kappa shape index (κ3) is 2.64. The van der Waals surface area contributed by atoms with Crippen molar-refractivity contribution < 1.29 is 13.9 Å². The number of aromatic nitrogens is 1. The van der Waals surface area contributed by atoms with Crippen LogP contribution >= 0.6 is 0 Å². The molecule has 1 saturated heterocycles. The van der Waals surface area contributed by atoms with Crippen molar-refractivity contribution in [2.75, 3.05) is 6.61 Å². The monoisotopic (exact) mass is 223 g/mol. The maximum absolute atomic E-state index is 13.3. The fourth-order valence-corrected chi connectivity index (χ4v) is 1.89. The molecule has 0 N–H and O–H groups in total. The zero-order valence-electron chi connectivity index (χ0n) is 8.99. The molecule has 0 amide bonds. The highest BCUT2D eigenvalue weighted by atomic mass is 19.1. The van der Waals surface area contributed by atoms with E-state index in [4.69, 9.17) is 4.74 Å². The topological polar surface area (TPSA) is 39.2 Å². The van der Waals surface area contributed by atoms with Crippen LogP contribution in [0.1, 0.15) is 36.0 Å². The number of carbonyl (C=O) groups excluding carboxylic acids is 1. The number of hydrogen-bond donors (Lipinski definition) is 0. The molecule has 1 fully saturated rings. The van der Waals surface area contributed by atoms with Crippen molar-refractivity contribution in [3.8, 4) is 0 Å². The maximum Gasteiger partial charge on any atom is 0.168 e. The molecule has 4 heteroatoms. The molecule has 2 rings (SSSR count). The van der Waals surface area contributed by atoms with Crippen LogP contribution in [0.5, 0.6) is 0 Å². The average Bonchev–Trinajstić information content (AvgIpc) is 2.31. The Hall–Kier alpha value is -1.29. The van der Waals surface area contributed by atoms with E-state index in [1.807, 2.05) is 0 Å². The molecule has 0 aliphatic carbocycles. The first-order valence-corrected chi connectivity index (χ1v) is 5.51. The first-order valence-electron chi connectivity index (χ1n) is 5.51. The second-order valence-electron chi connectivity index (χ2n) is 3.97. The number of nitrogens with zero attached hydrogens (tertiary/aromatic N) is 1. The van der Waals surface area contributed by atoms with Gasteiger partial charge in [-0.3, -0.25) is 9.78 Å². The molecular weight excluding hydrogens is 209 g/mol. The summed E-state index contributed by atoms with van der Waals surface area (Å²) in [6.07, 6.45) is 5.73. The van der Waals surface area contributed by atoms with E-state index < -0.39 is 5.82 Å². The molecule has 1 aliphatic heterocycles. The number of ketones is 1. The smallest absolute Gasteiger partial charge is 0.168 e. The minimum Gasteiger partial charge on any atom is -0.378 e. The molecule has 2 heterocycles. The number of rotatable bonds is 3. The van der Waals surface area contributed by atoms with Gasteiger partial charge in [0.1, 0.15) is 0 Å². The van der Waals surface area contributed by atoms with Crippen molar-refractivity contribution in [2.45, 2.75) is 31.8 Å². The molecule has 1 atom stereocenters. The van der Waals surface area contributed by atoms with Crippen LogP contribution in [-0.4, -0.2) is 23.5 Å². The summed E-state index contributed by atoms with van der Waals surface area (Å²) in [6, 6.07) is 1.42. The Balaban J connectivity index is 2.00. The van der Waals surface area contributed by atoms with Crippen LogP contribution in [0.15, 0.2) is 18.5 Å². The van der Waals surface area contributed by atoms with E-state index in [1.165, 1.54) is 12.3 Å². The third-order valence-corrected chi connectivity index (χ3v) is 2.76. The molecule has 0 aromatic carbocycles. The van der Waals surface area contributed by atoms with Gasteiger partial charge in [0, 0.05) is 19.2 Å². The van der Waals surface area contributed by atoms with Crippen molar-refractivity contribution in [1.82, 2.24) is 4.98 Å². The Bertz CT molecular complexity index is 375. The molecule has 1 aliphatic rings. The predicted octanol–water partition coefficient (Wildman–Crippen LogP) is 2.36. The number of hydrogen-bond acceptors (Lipinski definition) is 3. The Kier molecular flexibility index (Phi) is 3.62. The Morgan fingerprint density at radius 3 is 3.12 bits per heavy atom. The van der Waals surface area contributed by atoms with Crippen molar-refractivity contribution in [1.29, 1.82) is 0 Å². The summed E-state index contributed by atoms with van der Waals surface area (Å²) in [4.78, 5) is 15.4. The highest BCUT2D eigenvalue weighted by Crippen LogP contribution is 2.18. The first-order chi connectivity index (χ1) is 7.77. The van der Waals surface area contributed by atoms with Gasteiger partial charge in [0.25, 0.3) is 0 Å². The molecule has 3 nitrogen and oxygen atoms in total. The Morgan fingerprint density at radius 2 is 2.44 bits per heavy atom. The molecule has 0 saturated carbocycles. The van der Waals surface area contributed by atoms with Crippen LogP contribution in [0.4, 0.5) is 4.39 Å². The highest BCUT2D eigenvalue weighted by molar-refractivity contribution is 5.96. The number of Topliss-reactive ketones (excluding diaryl/α,β-unsaturated/α-hetero) is 1. The quantitative estimate of drug-likeness (QED) is 0.738. The number of ether oxygens (including phenoxy) is 1. The molecule has 1 aromatic heterocycles. The summed E-state index contributed by atoms with van der Waals surface area (Å²) in [5, 5.41) is 0. The number of halogens is 1.